The van der Waals surface area contributed by atoms with E-state index in [0.717, 1.165) is 0 Å². The van der Waals surface area contributed by atoms with Crippen LogP contribution in [-0.4, -0.2) is 49.2 Å². The van der Waals surface area contributed by atoms with Gasteiger partial charge in [-0.2, -0.15) is 0 Å². The number of ether oxygens (including phenoxy) is 2. The Balaban J connectivity index is 1.94. The van der Waals surface area contributed by atoms with Crippen LogP contribution in [0.15, 0.2) is 10.6 Å². The second-order valence-electron chi connectivity index (χ2n) is 4.32. The van der Waals surface area contributed by atoms with E-state index in [9.17, 15) is 9.59 Å². The number of hydrogen-bond donors (Lipinski definition) is 0. The van der Waals surface area contributed by atoms with E-state index in [1.54, 1.807) is 4.90 Å². The molecule has 1 amide bonds. The molecular formula is C12H16N2O5. The molecule has 0 aromatic carbocycles. The van der Waals surface area contributed by atoms with Crippen LogP contribution in [0.1, 0.15) is 23.4 Å². The van der Waals surface area contributed by atoms with Gasteiger partial charge in [-0.3, -0.25) is 9.59 Å². The largest absolute Gasteiger partial charge is 0.479 e. The highest BCUT2D eigenvalue weighted by Gasteiger charge is 2.29. The zero-order valence-corrected chi connectivity index (χ0v) is 10.9. The number of amides is 1. The van der Waals surface area contributed by atoms with Gasteiger partial charge in [0.2, 0.25) is 5.76 Å². The van der Waals surface area contributed by atoms with E-state index < -0.39 is 0 Å². The maximum Gasteiger partial charge on any atom is 0.308 e. The molecule has 1 aromatic rings. The van der Waals surface area contributed by atoms with Crippen molar-refractivity contribution in [1.29, 1.82) is 0 Å². The summed E-state index contributed by atoms with van der Waals surface area (Å²) < 4.78 is 14.5. The van der Waals surface area contributed by atoms with Gasteiger partial charge >= 0.3 is 5.97 Å². The van der Waals surface area contributed by atoms with Gasteiger partial charge < -0.3 is 18.9 Å². The summed E-state index contributed by atoms with van der Waals surface area (Å²) in [5.41, 5.74) is 0. The maximum atomic E-state index is 12.1. The minimum Gasteiger partial charge on any atom is -0.479 e. The van der Waals surface area contributed by atoms with Gasteiger partial charge in [-0.15, -0.1) is 0 Å². The minimum atomic E-state index is -0.237. The molecule has 19 heavy (non-hydrogen) atoms. The monoisotopic (exact) mass is 268 g/mol. The Morgan fingerprint density at radius 3 is 2.58 bits per heavy atom. The molecule has 0 unspecified atom stereocenters. The van der Waals surface area contributed by atoms with Crippen LogP contribution in [0.2, 0.25) is 0 Å². The summed E-state index contributed by atoms with van der Waals surface area (Å²) in [6, 6.07) is 1.45. The lowest BCUT2D eigenvalue weighted by atomic mass is 9.97. The normalized spacial score (nSPS) is 16.2. The average Bonchev–Trinajstić information content (AvgIpc) is 2.94. The molecule has 1 fully saturated rings. The van der Waals surface area contributed by atoms with Gasteiger partial charge in [-0.05, 0) is 18.0 Å². The summed E-state index contributed by atoms with van der Waals surface area (Å²) in [5, 5.41) is 3.59. The van der Waals surface area contributed by atoms with Crippen LogP contribution < -0.4 is 4.74 Å². The van der Waals surface area contributed by atoms with Gasteiger partial charge in [0.15, 0.2) is 0 Å². The Kier molecular flexibility index (Phi) is 4.03. The Morgan fingerprint density at radius 1 is 1.37 bits per heavy atom. The highest BCUT2D eigenvalue weighted by molar-refractivity contribution is 5.91. The van der Waals surface area contributed by atoms with Crippen molar-refractivity contribution < 1.29 is 23.6 Å². The third-order valence-electron chi connectivity index (χ3n) is 3.23. The van der Waals surface area contributed by atoms with Crippen molar-refractivity contribution in [1.82, 2.24) is 10.1 Å². The Bertz CT molecular complexity index is 462. The van der Waals surface area contributed by atoms with Crippen molar-refractivity contribution >= 4 is 11.9 Å². The van der Waals surface area contributed by atoms with E-state index in [1.165, 1.54) is 20.3 Å². The predicted molar refractivity (Wildman–Crippen MR) is 63.7 cm³/mol. The topological polar surface area (TPSA) is 81.9 Å². The van der Waals surface area contributed by atoms with Crippen LogP contribution in [0, 0.1) is 5.92 Å². The molecule has 0 atom stereocenters. The standard InChI is InChI=1S/C12H16N2O5/c1-17-10-7-9(19-13-10)11(15)14-5-3-8(4-6-14)12(16)18-2/h7-8H,3-6H2,1-2H3. The maximum absolute atomic E-state index is 12.1. The SMILES string of the molecule is COC(=O)C1CCN(C(=O)c2cc(OC)no2)CC1. The first-order valence-corrected chi connectivity index (χ1v) is 6.03. The first-order chi connectivity index (χ1) is 9.15. The van der Waals surface area contributed by atoms with Crippen molar-refractivity contribution in [3.63, 3.8) is 0 Å². The molecule has 0 saturated carbocycles. The molecule has 104 valence electrons. The second-order valence-corrected chi connectivity index (χ2v) is 4.32. The molecule has 0 aliphatic carbocycles. The lowest BCUT2D eigenvalue weighted by molar-refractivity contribution is -0.146. The summed E-state index contributed by atoms with van der Waals surface area (Å²) >= 11 is 0. The number of piperidine rings is 1. The van der Waals surface area contributed by atoms with Crippen LogP contribution in [-0.2, 0) is 9.53 Å². The van der Waals surface area contributed by atoms with Crippen molar-refractivity contribution in [2.24, 2.45) is 5.92 Å². The highest BCUT2D eigenvalue weighted by Crippen LogP contribution is 2.21. The summed E-state index contributed by atoms with van der Waals surface area (Å²) in [7, 11) is 2.83. The van der Waals surface area contributed by atoms with Gasteiger partial charge in [0.05, 0.1) is 26.2 Å². The molecule has 2 heterocycles. The zero-order valence-electron chi connectivity index (χ0n) is 10.9. The summed E-state index contributed by atoms with van der Waals surface area (Å²) in [5.74, 6) is -0.160. The lowest BCUT2D eigenvalue weighted by Crippen LogP contribution is -2.40. The number of nitrogens with zero attached hydrogens (tertiary/aromatic N) is 2. The second kappa shape index (κ2) is 5.73. The quantitative estimate of drug-likeness (QED) is 0.751. The summed E-state index contributed by atoms with van der Waals surface area (Å²) in [4.78, 5) is 25.1. The molecule has 1 aliphatic rings. The van der Waals surface area contributed by atoms with E-state index in [4.69, 9.17) is 14.0 Å². The molecule has 1 aromatic heterocycles. The fraction of sp³-hybridized carbons (Fsp3) is 0.583. The number of carbonyl (C=O) groups excluding carboxylic acids is 2. The van der Waals surface area contributed by atoms with Crippen LogP contribution in [0.25, 0.3) is 0 Å². The van der Waals surface area contributed by atoms with Gasteiger partial charge in [0.25, 0.3) is 11.8 Å². The molecule has 7 nitrogen and oxygen atoms in total. The minimum absolute atomic E-state index is 0.127. The number of esters is 1. The molecular weight excluding hydrogens is 252 g/mol. The molecule has 0 bridgehead atoms. The molecule has 1 saturated heterocycles. The third-order valence-corrected chi connectivity index (χ3v) is 3.23. The molecule has 0 N–H and O–H groups in total. The molecule has 2 rings (SSSR count). The van der Waals surface area contributed by atoms with Crippen LogP contribution in [0.3, 0.4) is 0 Å². The molecule has 0 radical (unpaired) electrons. The Morgan fingerprint density at radius 2 is 2.05 bits per heavy atom. The number of methoxy groups -OCH3 is 2. The van der Waals surface area contributed by atoms with E-state index in [1.807, 2.05) is 0 Å². The first-order valence-electron chi connectivity index (χ1n) is 6.03. The first kappa shape index (κ1) is 13.4. The molecule has 1 aliphatic heterocycles. The van der Waals surface area contributed by atoms with Crippen LogP contribution in [0.5, 0.6) is 5.88 Å². The van der Waals surface area contributed by atoms with Crippen molar-refractivity contribution in [2.75, 3.05) is 27.3 Å². The predicted octanol–water partition coefficient (Wildman–Crippen LogP) is 0.708. The molecule has 7 heteroatoms. The zero-order chi connectivity index (χ0) is 13.8. The molecule has 0 spiro atoms. The van der Waals surface area contributed by atoms with Crippen molar-refractivity contribution in [3.8, 4) is 5.88 Å². The van der Waals surface area contributed by atoms with E-state index >= 15 is 0 Å². The van der Waals surface area contributed by atoms with Gasteiger partial charge in [0.1, 0.15) is 0 Å². The summed E-state index contributed by atoms with van der Waals surface area (Å²) in [6.07, 6.45) is 1.20. The fourth-order valence-electron chi connectivity index (χ4n) is 2.10. The van der Waals surface area contributed by atoms with Gasteiger partial charge in [-0.25, -0.2) is 0 Å². The van der Waals surface area contributed by atoms with Crippen molar-refractivity contribution in [2.45, 2.75) is 12.8 Å². The smallest absolute Gasteiger partial charge is 0.308 e. The Hall–Kier alpha value is -2.05. The number of likely N-dealkylation sites (tertiary alicyclic amines) is 1. The van der Waals surface area contributed by atoms with Crippen LogP contribution >= 0.6 is 0 Å². The van der Waals surface area contributed by atoms with Crippen molar-refractivity contribution in [3.05, 3.63) is 11.8 Å². The Labute approximate surface area is 110 Å². The van der Waals surface area contributed by atoms with Gasteiger partial charge in [-0.1, -0.05) is 0 Å². The van der Waals surface area contributed by atoms with Crippen LogP contribution in [0.4, 0.5) is 0 Å². The average molecular weight is 268 g/mol. The lowest BCUT2D eigenvalue weighted by Gasteiger charge is -2.29. The number of hydrogen-bond acceptors (Lipinski definition) is 6. The number of carbonyl (C=O) groups is 2. The highest BCUT2D eigenvalue weighted by atomic mass is 16.5. The van der Waals surface area contributed by atoms with Gasteiger partial charge in [0, 0.05) is 13.1 Å². The number of aromatic nitrogens is 1. The van der Waals surface area contributed by atoms with E-state index in [-0.39, 0.29) is 29.4 Å². The summed E-state index contributed by atoms with van der Waals surface area (Å²) in [6.45, 7) is 1.00. The number of rotatable bonds is 3. The van der Waals surface area contributed by atoms with E-state index in [0.29, 0.717) is 25.9 Å². The van der Waals surface area contributed by atoms with E-state index in [2.05, 4.69) is 5.16 Å². The fourth-order valence-corrected chi connectivity index (χ4v) is 2.10. The third kappa shape index (κ3) is 2.86.